The molecular weight excluding hydrogens is 242 g/mol. The predicted octanol–water partition coefficient (Wildman–Crippen LogP) is 3.83. The Bertz CT molecular complexity index is 380. The maximum Gasteiger partial charge on any atom is 0.142 e. The lowest BCUT2D eigenvalue weighted by Crippen LogP contribution is -2.34. The molecule has 4 heteroatoms. The molecule has 0 aliphatic heterocycles. The van der Waals surface area contributed by atoms with E-state index in [9.17, 15) is 0 Å². The van der Waals surface area contributed by atoms with E-state index >= 15 is 0 Å². The van der Waals surface area contributed by atoms with Gasteiger partial charge in [-0.15, -0.1) is 0 Å². The lowest BCUT2D eigenvalue weighted by molar-refractivity contribution is 0.530. The van der Waals surface area contributed by atoms with Crippen LogP contribution >= 0.6 is 11.5 Å². The Morgan fingerprint density at radius 2 is 2.06 bits per heavy atom. The summed E-state index contributed by atoms with van der Waals surface area (Å²) in [4.78, 5) is 2.58. The highest BCUT2D eigenvalue weighted by molar-refractivity contribution is 7.10. The van der Waals surface area contributed by atoms with Crippen molar-refractivity contribution in [2.75, 3.05) is 17.2 Å². The maximum atomic E-state index is 5.91. The van der Waals surface area contributed by atoms with E-state index in [1.165, 1.54) is 42.7 Å². The normalized spacial score (nSPS) is 16.7. The third kappa shape index (κ3) is 2.97. The third-order valence-corrected chi connectivity index (χ3v) is 4.91. The van der Waals surface area contributed by atoms with Gasteiger partial charge in [-0.2, -0.15) is 4.37 Å². The van der Waals surface area contributed by atoms with Gasteiger partial charge in [0.25, 0.3) is 0 Å². The summed E-state index contributed by atoms with van der Waals surface area (Å²) >= 11 is 1.57. The molecular formula is C14H25N3S. The van der Waals surface area contributed by atoms with Crippen LogP contribution < -0.4 is 10.6 Å². The van der Waals surface area contributed by atoms with Gasteiger partial charge in [0.15, 0.2) is 0 Å². The number of hydrogen-bond acceptors (Lipinski definition) is 4. The maximum absolute atomic E-state index is 5.91. The number of anilines is 2. The molecule has 2 rings (SSSR count). The number of hydrogen-bond donors (Lipinski definition) is 1. The van der Waals surface area contributed by atoms with Gasteiger partial charge in [-0.05, 0) is 43.6 Å². The summed E-state index contributed by atoms with van der Waals surface area (Å²) in [7, 11) is 0. The van der Waals surface area contributed by atoms with Gasteiger partial charge in [0.2, 0.25) is 0 Å². The van der Waals surface area contributed by atoms with Gasteiger partial charge < -0.3 is 10.6 Å². The van der Waals surface area contributed by atoms with Crippen molar-refractivity contribution in [3.63, 3.8) is 0 Å². The molecule has 1 fully saturated rings. The average molecular weight is 267 g/mol. The Morgan fingerprint density at radius 3 is 2.56 bits per heavy atom. The zero-order valence-electron chi connectivity index (χ0n) is 11.8. The molecule has 0 spiro atoms. The Kier molecular flexibility index (Phi) is 4.49. The summed E-state index contributed by atoms with van der Waals surface area (Å²) in [5.74, 6) is 1.46. The molecule has 1 heterocycles. The fraction of sp³-hybridized carbons (Fsp3) is 0.786. The summed E-state index contributed by atoms with van der Waals surface area (Å²) in [6, 6.07) is 0.710. The van der Waals surface area contributed by atoms with Crippen LogP contribution in [0.25, 0.3) is 0 Å². The van der Waals surface area contributed by atoms with E-state index in [1.807, 2.05) is 0 Å². The summed E-state index contributed by atoms with van der Waals surface area (Å²) in [6.45, 7) is 7.83. The lowest BCUT2D eigenvalue weighted by atomic mass is 10.1. The van der Waals surface area contributed by atoms with Gasteiger partial charge >= 0.3 is 0 Å². The third-order valence-electron chi connectivity index (χ3n) is 3.91. The molecule has 3 nitrogen and oxygen atoms in total. The highest BCUT2D eigenvalue weighted by atomic mass is 32.1. The zero-order valence-corrected chi connectivity index (χ0v) is 12.6. The number of nitrogens with zero attached hydrogens (tertiary/aromatic N) is 2. The van der Waals surface area contributed by atoms with Gasteiger partial charge in [0, 0.05) is 18.2 Å². The largest absolute Gasteiger partial charge is 0.383 e. The van der Waals surface area contributed by atoms with Gasteiger partial charge in [-0.3, -0.25) is 0 Å². The lowest BCUT2D eigenvalue weighted by Gasteiger charge is -2.30. The standard InChI is InChI=1S/C14H25N3S/c1-10(2)8-9-17(12-6-4-5-7-12)14-11(3)13(15)16-18-14/h10,12H,4-9H2,1-3H3,(H2,15,16). The molecule has 102 valence electrons. The first-order valence-electron chi connectivity index (χ1n) is 7.08. The van der Waals surface area contributed by atoms with Crippen LogP contribution in [0.5, 0.6) is 0 Å². The van der Waals surface area contributed by atoms with Crippen molar-refractivity contribution in [3.05, 3.63) is 5.56 Å². The molecule has 2 N–H and O–H groups in total. The van der Waals surface area contributed by atoms with Crippen molar-refractivity contribution in [3.8, 4) is 0 Å². The van der Waals surface area contributed by atoms with E-state index in [-0.39, 0.29) is 0 Å². The molecule has 0 saturated heterocycles. The highest BCUT2D eigenvalue weighted by Crippen LogP contribution is 2.35. The van der Waals surface area contributed by atoms with Crippen LogP contribution in [-0.2, 0) is 0 Å². The van der Waals surface area contributed by atoms with Gasteiger partial charge in [-0.25, -0.2) is 0 Å². The number of rotatable bonds is 5. The van der Waals surface area contributed by atoms with Crippen LogP contribution in [0.15, 0.2) is 0 Å². The van der Waals surface area contributed by atoms with Crippen molar-refractivity contribution >= 4 is 22.4 Å². The second-order valence-electron chi connectivity index (χ2n) is 5.81. The van der Waals surface area contributed by atoms with Crippen LogP contribution in [0.3, 0.4) is 0 Å². The minimum absolute atomic E-state index is 0.710. The number of nitrogens with two attached hydrogens (primary N) is 1. The average Bonchev–Trinajstić information content (AvgIpc) is 2.94. The second-order valence-corrected chi connectivity index (χ2v) is 6.56. The molecule has 0 unspecified atom stereocenters. The van der Waals surface area contributed by atoms with E-state index in [4.69, 9.17) is 5.73 Å². The van der Waals surface area contributed by atoms with E-state index < -0.39 is 0 Å². The number of aromatic nitrogens is 1. The van der Waals surface area contributed by atoms with E-state index in [1.54, 1.807) is 11.5 Å². The quantitative estimate of drug-likeness (QED) is 0.881. The van der Waals surface area contributed by atoms with Gasteiger partial charge in [-0.1, -0.05) is 26.7 Å². The first kappa shape index (κ1) is 13.7. The van der Waals surface area contributed by atoms with Crippen molar-refractivity contribution in [2.24, 2.45) is 5.92 Å². The molecule has 1 aliphatic carbocycles. The molecule has 1 aromatic rings. The topological polar surface area (TPSA) is 42.1 Å². The minimum atomic E-state index is 0.710. The van der Waals surface area contributed by atoms with E-state index in [0.717, 1.165) is 12.5 Å². The fourth-order valence-corrected chi connectivity index (χ4v) is 3.58. The smallest absolute Gasteiger partial charge is 0.142 e. The first-order valence-corrected chi connectivity index (χ1v) is 7.85. The Morgan fingerprint density at radius 1 is 1.39 bits per heavy atom. The van der Waals surface area contributed by atoms with Crippen LogP contribution in [0, 0.1) is 12.8 Å². The monoisotopic (exact) mass is 267 g/mol. The van der Waals surface area contributed by atoms with Gasteiger partial charge in [0.05, 0.1) is 0 Å². The molecule has 0 aromatic carbocycles. The van der Waals surface area contributed by atoms with E-state index in [0.29, 0.717) is 11.9 Å². The molecule has 0 radical (unpaired) electrons. The van der Waals surface area contributed by atoms with E-state index in [2.05, 4.69) is 30.0 Å². The highest BCUT2D eigenvalue weighted by Gasteiger charge is 2.25. The molecule has 1 saturated carbocycles. The second kappa shape index (κ2) is 5.91. The first-order chi connectivity index (χ1) is 8.59. The minimum Gasteiger partial charge on any atom is -0.383 e. The number of nitrogen functional groups attached to an aromatic ring is 1. The summed E-state index contributed by atoms with van der Waals surface area (Å²) in [5, 5.41) is 1.31. The van der Waals surface area contributed by atoms with Crippen molar-refractivity contribution in [1.29, 1.82) is 0 Å². The van der Waals surface area contributed by atoms with Crippen LogP contribution in [0.2, 0.25) is 0 Å². The zero-order chi connectivity index (χ0) is 13.1. The molecule has 0 atom stereocenters. The predicted molar refractivity (Wildman–Crippen MR) is 80.3 cm³/mol. The fourth-order valence-electron chi connectivity index (χ4n) is 2.67. The van der Waals surface area contributed by atoms with Crippen LogP contribution in [0.1, 0.15) is 51.5 Å². The summed E-state index contributed by atoms with van der Waals surface area (Å²) in [6.07, 6.45) is 6.64. The molecule has 1 aromatic heterocycles. The summed E-state index contributed by atoms with van der Waals surface area (Å²) < 4.78 is 4.31. The SMILES string of the molecule is Cc1c(N)nsc1N(CCC(C)C)C1CCCC1. The molecule has 1 aliphatic rings. The van der Waals surface area contributed by atoms with Gasteiger partial charge in [0.1, 0.15) is 10.8 Å². The summed E-state index contributed by atoms with van der Waals surface area (Å²) in [5.41, 5.74) is 7.08. The van der Waals surface area contributed by atoms with Crippen molar-refractivity contribution in [1.82, 2.24) is 4.37 Å². The Labute approximate surface area is 115 Å². The van der Waals surface area contributed by atoms with Crippen LogP contribution in [0.4, 0.5) is 10.8 Å². The van der Waals surface area contributed by atoms with Crippen molar-refractivity contribution < 1.29 is 0 Å². The Hall–Kier alpha value is -0.770. The van der Waals surface area contributed by atoms with Crippen molar-refractivity contribution in [2.45, 2.75) is 58.9 Å². The molecule has 0 amide bonds. The molecule has 0 bridgehead atoms. The molecule has 18 heavy (non-hydrogen) atoms. The Balaban J connectivity index is 2.15. The van der Waals surface area contributed by atoms with Crippen LogP contribution in [-0.4, -0.2) is 17.0 Å².